The summed E-state index contributed by atoms with van der Waals surface area (Å²) in [5.74, 6) is 3.53. The number of rotatable bonds is 6. The first-order valence-corrected chi connectivity index (χ1v) is 11.5. The Kier molecular flexibility index (Phi) is 5.02. The minimum absolute atomic E-state index is 0.00450. The molecule has 0 unspecified atom stereocenters. The van der Waals surface area contributed by atoms with Crippen molar-refractivity contribution in [3.63, 3.8) is 0 Å². The van der Waals surface area contributed by atoms with Crippen molar-refractivity contribution in [3.8, 4) is 5.75 Å². The Morgan fingerprint density at radius 3 is 2.38 bits per heavy atom. The van der Waals surface area contributed by atoms with Gasteiger partial charge in [-0.05, 0) is 98.1 Å². The van der Waals surface area contributed by atoms with Crippen LogP contribution in [0.2, 0.25) is 0 Å². The summed E-state index contributed by atoms with van der Waals surface area (Å²) in [4.78, 5) is 18.6. The Hall–Kier alpha value is -2.01. The topological polar surface area (TPSA) is 51.2 Å². The van der Waals surface area contributed by atoms with E-state index in [1.54, 1.807) is 13.3 Å². The average molecular weight is 409 g/mol. The van der Waals surface area contributed by atoms with Gasteiger partial charge in [0.2, 0.25) is 0 Å². The SMILES string of the molecule is COc1ccc(Sc2ncccc2C(=O)NCC23CC4CC(CC(C4)C2)C3)cc1. The smallest absolute Gasteiger partial charge is 0.254 e. The van der Waals surface area contributed by atoms with Crippen LogP contribution in [0.4, 0.5) is 0 Å². The summed E-state index contributed by atoms with van der Waals surface area (Å²) >= 11 is 1.52. The highest BCUT2D eigenvalue weighted by molar-refractivity contribution is 7.99. The fourth-order valence-corrected chi connectivity index (χ4v) is 7.15. The van der Waals surface area contributed by atoms with Gasteiger partial charge in [-0.15, -0.1) is 0 Å². The maximum Gasteiger partial charge on any atom is 0.254 e. The third-order valence-corrected chi connectivity index (χ3v) is 8.11. The standard InChI is InChI=1S/C24H28N2O2S/c1-28-19-4-6-20(7-5-19)29-23-21(3-2-8-25-23)22(27)26-15-24-12-16-9-17(13-24)11-18(10-16)14-24/h2-8,16-18H,9-15H2,1H3,(H,26,27). The first-order chi connectivity index (χ1) is 14.1. The number of carbonyl (C=O) groups is 1. The molecule has 152 valence electrons. The van der Waals surface area contributed by atoms with Gasteiger partial charge < -0.3 is 10.1 Å². The zero-order valence-corrected chi connectivity index (χ0v) is 17.7. The highest BCUT2D eigenvalue weighted by Gasteiger charge is 2.50. The van der Waals surface area contributed by atoms with Crippen molar-refractivity contribution in [2.45, 2.75) is 48.4 Å². The molecule has 4 nitrogen and oxygen atoms in total. The molecule has 2 aromatic rings. The highest BCUT2D eigenvalue weighted by atomic mass is 32.2. The molecule has 0 radical (unpaired) electrons. The van der Waals surface area contributed by atoms with Crippen LogP contribution >= 0.6 is 11.8 Å². The van der Waals surface area contributed by atoms with Gasteiger partial charge in [-0.2, -0.15) is 0 Å². The number of benzene rings is 1. The largest absolute Gasteiger partial charge is 0.497 e. The highest BCUT2D eigenvalue weighted by Crippen LogP contribution is 2.59. The Labute approximate surface area is 176 Å². The van der Waals surface area contributed by atoms with Crippen LogP contribution in [0.3, 0.4) is 0 Å². The van der Waals surface area contributed by atoms with Gasteiger partial charge in [-0.1, -0.05) is 11.8 Å². The van der Waals surface area contributed by atoms with Crippen LogP contribution < -0.4 is 10.1 Å². The number of pyridine rings is 1. The van der Waals surface area contributed by atoms with Gasteiger partial charge in [0.15, 0.2) is 0 Å². The van der Waals surface area contributed by atoms with E-state index in [0.717, 1.165) is 40.0 Å². The summed E-state index contributed by atoms with van der Waals surface area (Å²) in [6, 6.07) is 11.6. The minimum Gasteiger partial charge on any atom is -0.497 e. The number of aromatic nitrogens is 1. The third-order valence-electron chi connectivity index (χ3n) is 7.08. The molecule has 6 rings (SSSR count). The first-order valence-electron chi connectivity index (χ1n) is 10.7. The van der Waals surface area contributed by atoms with Gasteiger partial charge in [0.1, 0.15) is 10.8 Å². The second-order valence-electron chi connectivity index (χ2n) is 9.23. The van der Waals surface area contributed by atoms with Crippen LogP contribution in [-0.2, 0) is 0 Å². The molecule has 4 saturated carbocycles. The fourth-order valence-electron chi connectivity index (χ4n) is 6.27. The molecule has 4 aliphatic carbocycles. The lowest BCUT2D eigenvalue weighted by Gasteiger charge is -2.56. The van der Waals surface area contributed by atoms with Gasteiger partial charge in [0.25, 0.3) is 5.91 Å². The van der Waals surface area contributed by atoms with Crippen molar-refractivity contribution < 1.29 is 9.53 Å². The van der Waals surface area contributed by atoms with E-state index in [0.29, 0.717) is 11.0 Å². The van der Waals surface area contributed by atoms with Crippen molar-refractivity contribution in [2.75, 3.05) is 13.7 Å². The molecule has 1 N–H and O–H groups in total. The average Bonchev–Trinajstić information content (AvgIpc) is 2.72. The van der Waals surface area contributed by atoms with Crippen LogP contribution in [0.5, 0.6) is 5.75 Å². The molecule has 0 saturated heterocycles. The van der Waals surface area contributed by atoms with E-state index in [1.165, 1.54) is 50.3 Å². The Bertz CT molecular complexity index is 861. The van der Waals surface area contributed by atoms with Crippen LogP contribution in [0, 0.1) is 23.2 Å². The molecule has 4 aliphatic rings. The molecule has 4 fully saturated rings. The normalized spacial score (nSPS) is 29.6. The third kappa shape index (κ3) is 3.89. The van der Waals surface area contributed by atoms with Crippen molar-refractivity contribution in [1.82, 2.24) is 10.3 Å². The first kappa shape index (κ1) is 19.0. The van der Waals surface area contributed by atoms with E-state index in [9.17, 15) is 4.79 Å². The molecule has 1 aromatic heterocycles. The molecular formula is C24H28N2O2S. The van der Waals surface area contributed by atoms with Gasteiger partial charge in [0.05, 0.1) is 12.7 Å². The predicted octanol–water partition coefficient (Wildman–Crippen LogP) is 5.19. The van der Waals surface area contributed by atoms with Crippen molar-refractivity contribution >= 4 is 17.7 Å². The summed E-state index contributed by atoms with van der Waals surface area (Å²) in [6.07, 6.45) is 9.95. The number of methoxy groups -OCH3 is 1. The fraction of sp³-hybridized carbons (Fsp3) is 0.500. The van der Waals surface area contributed by atoms with E-state index in [4.69, 9.17) is 4.74 Å². The van der Waals surface area contributed by atoms with Crippen molar-refractivity contribution in [2.24, 2.45) is 23.2 Å². The zero-order valence-electron chi connectivity index (χ0n) is 16.9. The number of nitrogens with one attached hydrogen (secondary N) is 1. The molecule has 0 atom stereocenters. The Morgan fingerprint density at radius 2 is 1.76 bits per heavy atom. The van der Waals surface area contributed by atoms with Gasteiger partial charge >= 0.3 is 0 Å². The molecule has 1 heterocycles. The summed E-state index contributed by atoms with van der Waals surface area (Å²) < 4.78 is 5.22. The van der Waals surface area contributed by atoms with E-state index in [2.05, 4.69) is 10.3 Å². The monoisotopic (exact) mass is 408 g/mol. The summed E-state index contributed by atoms with van der Waals surface area (Å²) in [7, 11) is 1.66. The maximum absolute atomic E-state index is 13.1. The van der Waals surface area contributed by atoms with E-state index in [1.807, 2.05) is 36.4 Å². The number of carbonyl (C=O) groups excluding carboxylic acids is 1. The lowest BCUT2D eigenvalue weighted by Crippen LogP contribution is -2.51. The number of nitrogens with zero attached hydrogens (tertiary/aromatic N) is 1. The predicted molar refractivity (Wildman–Crippen MR) is 114 cm³/mol. The second-order valence-corrected chi connectivity index (χ2v) is 10.3. The number of amides is 1. The van der Waals surface area contributed by atoms with Gasteiger partial charge in [-0.25, -0.2) is 4.98 Å². The molecule has 1 aromatic carbocycles. The summed E-state index contributed by atoms with van der Waals surface area (Å²) in [6.45, 7) is 0.816. The van der Waals surface area contributed by atoms with Crippen LogP contribution in [-0.4, -0.2) is 24.5 Å². The molecule has 29 heavy (non-hydrogen) atoms. The number of hydrogen-bond acceptors (Lipinski definition) is 4. The Morgan fingerprint density at radius 1 is 1.10 bits per heavy atom. The van der Waals surface area contributed by atoms with Crippen molar-refractivity contribution in [1.29, 1.82) is 0 Å². The molecular weight excluding hydrogens is 380 g/mol. The number of hydrogen-bond donors (Lipinski definition) is 1. The molecule has 0 aliphatic heterocycles. The lowest BCUT2D eigenvalue weighted by molar-refractivity contribution is -0.0503. The molecule has 0 spiro atoms. The summed E-state index contributed by atoms with van der Waals surface area (Å²) in [5.41, 5.74) is 1.01. The van der Waals surface area contributed by atoms with E-state index >= 15 is 0 Å². The van der Waals surface area contributed by atoms with Gasteiger partial charge in [-0.3, -0.25) is 4.79 Å². The van der Waals surface area contributed by atoms with E-state index in [-0.39, 0.29) is 5.91 Å². The minimum atomic E-state index is 0.00450. The number of ether oxygens (including phenoxy) is 1. The molecule has 5 heteroatoms. The molecule has 1 amide bonds. The second kappa shape index (κ2) is 7.67. The van der Waals surface area contributed by atoms with Gasteiger partial charge in [0, 0.05) is 17.6 Å². The van der Waals surface area contributed by atoms with Crippen molar-refractivity contribution in [3.05, 3.63) is 48.2 Å². The van der Waals surface area contributed by atoms with Crippen LogP contribution in [0.1, 0.15) is 48.9 Å². The van der Waals surface area contributed by atoms with E-state index < -0.39 is 0 Å². The summed E-state index contributed by atoms with van der Waals surface area (Å²) in [5, 5.41) is 4.04. The maximum atomic E-state index is 13.1. The van der Waals surface area contributed by atoms with Crippen LogP contribution in [0.15, 0.2) is 52.5 Å². The van der Waals surface area contributed by atoms with Crippen LogP contribution in [0.25, 0.3) is 0 Å². The molecule has 4 bridgehead atoms. The Balaban J connectivity index is 1.28. The zero-order chi connectivity index (χ0) is 19.8. The lowest BCUT2D eigenvalue weighted by atomic mass is 9.49. The quantitative estimate of drug-likeness (QED) is 0.715.